The number of thiophene rings is 1. The molecule has 1 heterocycles. The summed E-state index contributed by atoms with van der Waals surface area (Å²) in [7, 11) is 1.73. The van der Waals surface area contributed by atoms with Gasteiger partial charge in [0.05, 0.1) is 5.69 Å². The Morgan fingerprint density at radius 3 is 2.32 bits per heavy atom. The second-order valence-electron chi connectivity index (χ2n) is 5.37. The lowest BCUT2D eigenvalue weighted by molar-refractivity contribution is 0.617. The molecule has 0 saturated heterocycles. The van der Waals surface area contributed by atoms with Gasteiger partial charge in [0.25, 0.3) is 0 Å². The average molecular weight is 476 g/mol. The zero-order chi connectivity index (χ0) is 17.4. The molecule has 0 fully saturated rings. The predicted octanol–water partition coefficient (Wildman–Crippen LogP) is 4.22. The fourth-order valence-corrected chi connectivity index (χ4v) is 3.14. The van der Waals surface area contributed by atoms with Gasteiger partial charge < -0.3 is 15.5 Å². The summed E-state index contributed by atoms with van der Waals surface area (Å²) >= 11 is 1.67. The van der Waals surface area contributed by atoms with Gasteiger partial charge >= 0.3 is 0 Å². The van der Waals surface area contributed by atoms with Gasteiger partial charge in [0.1, 0.15) is 5.82 Å². The van der Waals surface area contributed by atoms with E-state index in [-0.39, 0.29) is 29.8 Å². The van der Waals surface area contributed by atoms with Crippen LogP contribution in [0.5, 0.6) is 0 Å². The van der Waals surface area contributed by atoms with Crippen LogP contribution >= 0.6 is 35.3 Å². The minimum absolute atomic E-state index is 0. The Balaban J connectivity index is 0.00000312. The predicted molar refractivity (Wildman–Crippen MR) is 117 cm³/mol. The number of anilines is 1. The number of hydrogen-bond acceptors (Lipinski definition) is 3. The van der Waals surface area contributed by atoms with E-state index in [4.69, 9.17) is 0 Å². The number of halogens is 2. The van der Waals surface area contributed by atoms with Crippen LogP contribution in [0.2, 0.25) is 0 Å². The Morgan fingerprint density at radius 2 is 1.80 bits per heavy atom. The fraction of sp³-hybridized carbons (Fsp3) is 0.389. The maximum Gasteiger partial charge on any atom is 0.191 e. The zero-order valence-electron chi connectivity index (χ0n) is 14.9. The van der Waals surface area contributed by atoms with E-state index in [0.717, 1.165) is 25.2 Å². The van der Waals surface area contributed by atoms with Crippen molar-refractivity contribution < 1.29 is 4.39 Å². The molecular weight excluding hydrogens is 450 g/mol. The van der Waals surface area contributed by atoms with Crippen LogP contribution in [0.1, 0.15) is 25.0 Å². The molecule has 7 heteroatoms. The molecule has 138 valence electrons. The van der Waals surface area contributed by atoms with Crippen molar-refractivity contribution in [3.8, 4) is 0 Å². The fourth-order valence-electron chi connectivity index (χ4n) is 2.47. The van der Waals surface area contributed by atoms with Crippen LogP contribution in [-0.2, 0) is 13.1 Å². The molecule has 2 rings (SSSR count). The Labute approximate surface area is 170 Å². The molecule has 25 heavy (non-hydrogen) atoms. The molecule has 0 aliphatic heterocycles. The molecule has 0 amide bonds. The van der Waals surface area contributed by atoms with Gasteiger partial charge in [-0.15, -0.1) is 24.0 Å². The molecule has 0 aliphatic carbocycles. The number of nitrogens with one attached hydrogen (secondary N) is 2. The number of rotatable bonds is 7. The maximum absolute atomic E-state index is 14.3. The van der Waals surface area contributed by atoms with Crippen LogP contribution in [0, 0.1) is 5.82 Å². The third-order valence-corrected chi connectivity index (χ3v) is 4.57. The summed E-state index contributed by atoms with van der Waals surface area (Å²) in [6.45, 7) is 6.90. The first-order valence-corrected chi connectivity index (χ1v) is 9.11. The van der Waals surface area contributed by atoms with E-state index >= 15 is 0 Å². The molecule has 0 aliphatic rings. The Kier molecular flexibility index (Phi) is 9.81. The first-order chi connectivity index (χ1) is 11.7. The monoisotopic (exact) mass is 476 g/mol. The molecule has 0 unspecified atom stereocenters. The zero-order valence-corrected chi connectivity index (χ0v) is 18.0. The molecule has 0 bridgehead atoms. The standard InChI is InChI=1S/C18H25FN4S.HI/c1-4-23(5-2)17-7-6-14(10-16(17)19)11-21-18(20-3)22-12-15-8-9-24-13-15;/h6-10,13H,4-5,11-12H2,1-3H3,(H2,20,21,22);1H. The van der Waals surface area contributed by atoms with Crippen molar-refractivity contribution in [2.24, 2.45) is 4.99 Å². The summed E-state index contributed by atoms with van der Waals surface area (Å²) in [6.07, 6.45) is 0. The highest BCUT2D eigenvalue weighted by atomic mass is 127. The summed E-state index contributed by atoms with van der Waals surface area (Å²) < 4.78 is 14.3. The molecule has 0 radical (unpaired) electrons. The second kappa shape index (κ2) is 11.3. The van der Waals surface area contributed by atoms with E-state index in [9.17, 15) is 4.39 Å². The van der Waals surface area contributed by atoms with Crippen LogP contribution in [0.4, 0.5) is 10.1 Å². The molecule has 2 N–H and O–H groups in total. The van der Waals surface area contributed by atoms with Crippen LogP contribution in [0.25, 0.3) is 0 Å². The number of hydrogen-bond donors (Lipinski definition) is 2. The highest BCUT2D eigenvalue weighted by molar-refractivity contribution is 14.0. The van der Waals surface area contributed by atoms with E-state index < -0.39 is 0 Å². The lowest BCUT2D eigenvalue weighted by Gasteiger charge is -2.22. The third-order valence-electron chi connectivity index (χ3n) is 3.84. The van der Waals surface area contributed by atoms with Gasteiger partial charge in [0.15, 0.2) is 5.96 Å². The van der Waals surface area contributed by atoms with Crippen molar-refractivity contribution in [3.63, 3.8) is 0 Å². The molecule has 2 aromatic rings. The summed E-state index contributed by atoms with van der Waals surface area (Å²) in [4.78, 5) is 6.20. The number of aliphatic imine (C=N–C) groups is 1. The average Bonchev–Trinajstić information content (AvgIpc) is 3.11. The van der Waals surface area contributed by atoms with Gasteiger partial charge in [-0.2, -0.15) is 11.3 Å². The van der Waals surface area contributed by atoms with E-state index in [0.29, 0.717) is 18.2 Å². The van der Waals surface area contributed by atoms with E-state index in [2.05, 4.69) is 27.1 Å². The third kappa shape index (κ3) is 6.47. The van der Waals surface area contributed by atoms with Gasteiger partial charge in [-0.1, -0.05) is 6.07 Å². The summed E-state index contributed by atoms with van der Waals surface area (Å²) in [6, 6.07) is 7.47. The second-order valence-corrected chi connectivity index (χ2v) is 6.15. The quantitative estimate of drug-likeness (QED) is 0.357. The van der Waals surface area contributed by atoms with Crippen LogP contribution < -0.4 is 15.5 Å². The summed E-state index contributed by atoms with van der Waals surface area (Å²) in [5, 5.41) is 10.6. The summed E-state index contributed by atoms with van der Waals surface area (Å²) in [5.41, 5.74) is 2.77. The van der Waals surface area contributed by atoms with Gasteiger partial charge in [-0.05, 0) is 53.9 Å². The van der Waals surface area contributed by atoms with Crippen molar-refractivity contribution in [2.75, 3.05) is 25.0 Å². The SMILES string of the molecule is CCN(CC)c1ccc(CNC(=NC)NCc2ccsc2)cc1F.I. The van der Waals surface area contributed by atoms with Crippen LogP contribution in [0.15, 0.2) is 40.0 Å². The lowest BCUT2D eigenvalue weighted by Crippen LogP contribution is -2.36. The molecule has 1 aromatic heterocycles. The van der Waals surface area contributed by atoms with E-state index in [1.807, 2.05) is 36.3 Å². The minimum Gasteiger partial charge on any atom is -0.370 e. The van der Waals surface area contributed by atoms with E-state index in [1.165, 1.54) is 5.56 Å². The highest BCUT2D eigenvalue weighted by Gasteiger charge is 2.09. The van der Waals surface area contributed by atoms with Crippen molar-refractivity contribution >= 4 is 47.0 Å². The molecular formula is C18H26FIN4S. The van der Waals surface area contributed by atoms with Gasteiger partial charge in [-0.25, -0.2) is 4.39 Å². The lowest BCUT2D eigenvalue weighted by atomic mass is 10.2. The number of nitrogens with zero attached hydrogens (tertiary/aromatic N) is 2. The van der Waals surface area contributed by atoms with Gasteiger partial charge in [-0.3, -0.25) is 4.99 Å². The van der Waals surface area contributed by atoms with Gasteiger partial charge in [0.2, 0.25) is 0 Å². The Morgan fingerprint density at radius 1 is 1.12 bits per heavy atom. The summed E-state index contributed by atoms with van der Waals surface area (Å²) in [5.74, 6) is 0.522. The maximum atomic E-state index is 14.3. The molecule has 0 spiro atoms. The first-order valence-electron chi connectivity index (χ1n) is 8.16. The highest BCUT2D eigenvalue weighted by Crippen LogP contribution is 2.20. The van der Waals surface area contributed by atoms with E-state index in [1.54, 1.807) is 24.5 Å². The normalized spacial score (nSPS) is 11.0. The number of guanidine groups is 1. The Hall–Kier alpha value is -1.35. The topological polar surface area (TPSA) is 39.7 Å². The van der Waals surface area contributed by atoms with Crippen molar-refractivity contribution in [1.29, 1.82) is 0 Å². The van der Waals surface area contributed by atoms with Gasteiger partial charge in [0, 0.05) is 33.2 Å². The molecule has 1 aromatic carbocycles. The van der Waals surface area contributed by atoms with Crippen LogP contribution in [0.3, 0.4) is 0 Å². The Bertz CT molecular complexity index is 657. The first kappa shape index (κ1) is 21.7. The molecule has 0 atom stereocenters. The van der Waals surface area contributed by atoms with Crippen molar-refractivity contribution in [3.05, 3.63) is 52.0 Å². The number of benzene rings is 1. The minimum atomic E-state index is -0.181. The molecule has 0 saturated carbocycles. The van der Waals surface area contributed by atoms with Crippen molar-refractivity contribution in [2.45, 2.75) is 26.9 Å². The van der Waals surface area contributed by atoms with Crippen molar-refractivity contribution in [1.82, 2.24) is 10.6 Å². The largest absolute Gasteiger partial charge is 0.370 e. The van der Waals surface area contributed by atoms with Crippen LogP contribution in [-0.4, -0.2) is 26.1 Å². The molecule has 4 nitrogen and oxygen atoms in total. The smallest absolute Gasteiger partial charge is 0.191 e.